The van der Waals surface area contributed by atoms with E-state index in [1.54, 1.807) is 23.0 Å². The highest BCUT2D eigenvalue weighted by Crippen LogP contribution is 2.35. The second-order valence-corrected chi connectivity index (χ2v) is 9.62. The van der Waals surface area contributed by atoms with Crippen LogP contribution in [-0.2, 0) is 22.5 Å². The third kappa shape index (κ3) is 4.22. The summed E-state index contributed by atoms with van der Waals surface area (Å²) in [6, 6.07) is 7.73. The Kier molecular flexibility index (Phi) is 6.36. The predicted octanol–water partition coefficient (Wildman–Crippen LogP) is 3.49. The molecule has 0 N–H and O–H groups in total. The van der Waals surface area contributed by atoms with Crippen LogP contribution in [0.3, 0.4) is 0 Å². The minimum Gasteiger partial charge on any atom is -0.497 e. The van der Waals surface area contributed by atoms with Crippen LogP contribution in [0.2, 0.25) is 0 Å². The van der Waals surface area contributed by atoms with E-state index in [-0.39, 0.29) is 17.3 Å². The highest BCUT2D eigenvalue weighted by molar-refractivity contribution is 7.99. The fourth-order valence-electron chi connectivity index (χ4n) is 3.72. The van der Waals surface area contributed by atoms with E-state index in [1.165, 1.54) is 23.7 Å². The third-order valence-corrected chi connectivity index (χ3v) is 7.50. The molecule has 164 valence electrons. The van der Waals surface area contributed by atoms with E-state index < -0.39 is 0 Å². The van der Waals surface area contributed by atoms with E-state index in [1.807, 2.05) is 24.3 Å². The molecule has 0 aliphatic carbocycles. The number of ether oxygens (including phenoxy) is 2. The lowest BCUT2D eigenvalue weighted by Gasteiger charge is -2.30. The number of fused-ring (bicyclic) bond motifs is 3. The zero-order chi connectivity index (χ0) is 22.1. The number of thioether (sulfide) groups is 1. The standard InChI is InChI=1S/C22H25N3O4S2/c1-13(2)24-10-9-16-17(11-24)31-20-19(16)21(27)25(14-5-7-15(28-3)8-6-14)22(23-20)30-12-18(26)29-4/h5-8,13H,9-12H2,1-4H3. The Morgan fingerprint density at radius 3 is 2.65 bits per heavy atom. The van der Waals surface area contributed by atoms with Gasteiger partial charge in [0.25, 0.3) is 5.56 Å². The first-order valence-electron chi connectivity index (χ1n) is 10.1. The fourth-order valence-corrected chi connectivity index (χ4v) is 5.85. The van der Waals surface area contributed by atoms with Crippen molar-refractivity contribution in [3.8, 4) is 11.4 Å². The summed E-state index contributed by atoms with van der Waals surface area (Å²) in [6.07, 6.45) is 0.835. The molecule has 2 aromatic heterocycles. The average molecular weight is 460 g/mol. The molecule has 1 aromatic carbocycles. The minimum atomic E-state index is -0.362. The summed E-state index contributed by atoms with van der Waals surface area (Å²) >= 11 is 2.79. The average Bonchev–Trinajstić information content (AvgIpc) is 3.15. The van der Waals surface area contributed by atoms with Crippen molar-refractivity contribution in [3.63, 3.8) is 0 Å². The smallest absolute Gasteiger partial charge is 0.316 e. The Bertz CT molecular complexity index is 1170. The van der Waals surface area contributed by atoms with Gasteiger partial charge >= 0.3 is 5.97 Å². The molecule has 0 unspecified atom stereocenters. The van der Waals surface area contributed by atoms with Crippen LogP contribution >= 0.6 is 23.1 Å². The van der Waals surface area contributed by atoms with Gasteiger partial charge in [0.15, 0.2) is 5.16 Å². The molecule has 0 saturated heterocycles. The second kappa shape index (κ2) is 9.02. The Balaban J connectivity index is 1.87. The maximum atomic E-state index is 13.7. The van der Waals surface area contributed by atoms with Gasteiger partial charge < -0.3 is 9.47 Å². The monoisotopic (exact) mass is 459 g/mol. The molecule has 0 saturated carbocycles. The van der Waals surface area contributed by atoms with Crippen LogP contribution in [0.25, 0.3) is 15.9 Å². The summed E-state index contributed by atoms with van der Waals surface area (Å²) in [5.74, 6) is 0.423. The van der Waals surface area contributed by atoms with Crippen molar-refractivity contribution >= 4 is 39.3 Å². The molecule has 1 aliphatic rings. The highest BCUT2D eigenvalue weighted by Gasteiger charge is 2.26. The van der Waals surface area contributed by atoms with E-state index in [9.17, 15) is 9.59 Å². The van der Waals surface area contributed by atoms with Gasteiger partial charge in [-0.15, -0.1) is 11.3 Å². The number of carbonyl (C=O) groups is 1. The molecule has 0 amide bonds. The highest BCUT2D eigenvalue weighted by atomic mass is 32.2. The summed E-state index contributed by atoms with van der Waals surface area (Å²) in [7, 11) is 2.95. The van der Waals surface area contributed by atoms with Gasteiger partial charge in [0, 0.05) is 24.0 Å². The van der Waals surface area contributed by atoms with Crippen LogP contribution < -0.4 is 10.3 Å². The Morgan fingerprint density at radius 1 is 1.26 bits per heavy atom. The summed E-state index contributed by atoms with van der Waals surface area (Å²) in [5.41, 5.74) is 1.70. The SMILES string of the molecule is COC(=O)CSc1nc2sc3c(c2c(=O)n1-c1ccc(OC)cc1)CCN(C(C)C)C3. The number of esters is 1. The van der Waals surface area contributed by atoms with Crippen molar-refractivity contribution in [1.82, 2.24) is 14.5 Å². The lowest BCUT2D eigenvalue weighted by Crippen LogP contribution is -2.35. The van der Waals surface area contributed by atoms with Crippen molar-refractivity contribution in [2.75, 3.05) is 26.5 Å². The molecular formula is C22H25N3O4S2. The number of nitrogens with zero attached hydrogens (tertiary/aromatic N) is 3. The lowest BCUT2D eigenvalue weighted by atomic mass is 10.0. The zero-order valence-corrected chi connectivity index (χ0v) is 19.6. The van der Waals surface area contributed by atoms with Gasteiger partial charge in [0.1, 0.15) is 10.6 Å². The van der Waals surface area contributed by atoms with E-state index >= 15 is 0 Å². The van der Waals surface area contributed by atoms with Gasteiger partial charge in [0.05, 0.1) is 31.0 Å². The number of hydrogen-bond acceptors (Lipinski definition) is 8. The van der Waals surface area contributed by atoms with Crippen molar-refractivity contribution in [3.05, 3.63) is 45.1 Å². The largest absolute Gasteiger partial charge is 0.497 e. The van der Waals surface area contributed by atoms with Crippen LogP contribution in [0.4, 0.5) is 0 Å². The molecule has 3 aromatic rings. The van der Waals surface area contributed by atoms with Gasteiger partial charge in [-0.1, -0.05) is 11.8 Å². The Labute approximate surface area is 189 Å². The molecular weight excluding hydrogens is 434 g/mol. The first-order chi connectivity index (χ1) is 14.9. The zero-order valence-electron chi connectivity index (χ0n) is 18.0. The van der Waals surface area contributed by atoms with E-state index in [0.717, 1.165) is 29.9 Å². The molecule has 4 rings (SSSR count). The first kappa shape index (κ1) is 21.9. The minimum absolute atomic E-state index is 0.0802. The number of aromatic nitrogens is 2. The van der Waals surface area contributed by atoms with Gasteiger partial charge in [-0.25, -0.2) is 4.98 Å². The molecule has 0 atom stereocenters. The summed E-state index contributed by atoms with van der Waals surface area (Å²) < 4.78 is 11.6. The number of benzene rings is 1. The Morgan fingerprint density at radius 2 is 2.00 bits per heavy atom. The second-order valence-electron chi connectivity index (χ2n) is 7.60. The number of carbonyl (C=O) groups excluding carboxylic acids is 1. The van der Waals surface area contributed by atoms with E-state index in [2.05, 4.69) is 18.7 Å². The normalized spacial score (nSPS) is 14.1. The molecule has 9 heteroatoms. The summed E-state index contributed by atoms with van der Waals surface area (Å²) in [6.45, 7) is 6.14. The number of thiophene rings is 1. The molecule has 0 spiro atoms. The molecule has 0 radical (unpaired) electrons. The van der Waals surface area contributed by atoms with Crippen LogP contribution in [0, 0.1) is 0 Å². The van der Waals surface area contributed by atoms with Crippen LogP contribution in [-0.4, -0.2) is 53.0 Å². The fraction of sp³-hybridized carbons (Fsp3) is 0.409. The van der Waals surface area contributed by atoms with Gasteiger partial charge in [-0.3, -0.25) is 19.1 Å². The van der Waals surface area contributed by atoms with Crippen molar-refractivity contribution in [2.45, 2.75) is 38.0 Å². The molecule has 0 fully saturated rings. The van der Waals surface area contributed by atoms with Gasteiger partial charge in [0.2, 0.25) is 0 Å². The van der Waals surface area contributed by atoms with Gasteiger partial charge in [-0.2, -0.15) is 0 Å². The molecule has 1 aliphatic heterocycles. The van der Waals surface area contributed by atoms with Crippen LogP contribution in [0.5, 0.6) is 5.75 Å². The van der Waals surface area contributed by atoms with E-state index in [4.69, 9.17) is 14.5 Å². The van der Waals surface area contributed by atoms with E-state index in [0.29, 0.717) is 28.0 Å². The molecule has 31 heavy (non-hydrogen) atoms. The number of rotatable bonds is 6. The van der Waals surface area contributed by atoms with Crippen molar-refractivity contribution in [2.24, 2.45) is 0 Å². The maximum absolute atomic E-state index is 13.7. The van der Waals surface area contributed by atoms with Crippen molar-refractivity contribution < 1.29 is 14.3 Å². The lowest BCUT2D eigenvalue weighted by molar-refractivity contribution is -0.137. The molecule has 3 heterocycles. The first-order valence-corrected chi connectivity index (χ1v) is 11.9. The van der Waals surface area contributed by atoms with Crippen molar-refractivity contribution in [1.29, 1.82) is 0 Å². The molecule has 0 bridgehead atoms. The molecule has 7 nitrogen and oxygen atoms in total. The van der Waals surface area contributed by atoms with Crippen LogP contribution in [0.1, 0.15) is 24.3 Å². The summed E-state index contributed by atoms with van der Waals surface area (Å²) in [4.78, 5) is 34.6. The number of hydrogen-bond donors (Lipinski definition) is 0. The summed E-state index contributed by atoms with van der Waals surface area (Å²) in [5, 5.41) is 1.18. The Hall–Kier alpha value is -2.36. The predicted molar refractivity (Wildman–Crippen MR) is 124 cm³/mol. The quantitative estimate of drug-likeness (QED) is 0.317. The third-order valence-electron chi connectivity index (χ3n) is 5.48. The maximum Gasteiger partial charge on any atom is 0.316 e. The topological polar surface area (TPSA) is 73.7 Å². The number of methoxy groups -OCH3 is 2. The van der Waals surface area contributed by atoms with Crippen LogP contribution in [0.15, 0.2) is 34.2 Å². The van der Waals surface area contributed by atoms with Gasteiger partial charge in [-0.05, 0) is 50.1 Å².